The Bertz CT molecular complexity index is 1130. The molecular weight excluding hydrogens is 372 g/mol. The van der Waals surface area contributed by atoms with E-state index >= 15 is 0 Å². The molecule has 0 spiro atoms. The van der Waals surface area contributed by atoms with E-state index in [4.69, 9.17) is 4.74 Å². The highest BCUT2D eigenvalue weighted by Crippen LogP contribution is 2.16. The second-order valence-corrected chi connectivity index (χ2v) is 7.19. The lowest BCUT2D eigenvalue weighted by Gasteiger charge is -2.05. The molecule has 28 heavy (non-hydrogen) atoms. The Morgan fingerprint density at radius 3 is 2.82 bits per heavy atom. The Morgan fingerprint density at radius 2 is 2.04 bits per heavy atom. The molecule has 4 rings (SSSR count). The minimum Gasteiger partial charge on any atom is -0.487 e. The standard InChI is InChI=1S/C21H18N4O2S/c1-15-23-17(13-28-15)12-27-18-9-6-16(7-10-18)8-11-21(26)24-25-14-22-19-4-2-3-5-20(19)25/h2-11,13-14H,12H2,1H3,(H,24,26)/b11-8+. The molecule has 0 bridgehead atoms. The molecule has 2 aromatic carbocycles. The van der Waals surface area contributed by atoms with Gasteiger partial charge in [0.05, 0.1) is 21.7 Å². The highest BCUT2D eigenvalue weighted by Gasteiger charge is 2.03. The molecule has 0 radical (unpaired) electrons. The van der Waals surface area contributed by atoms with Gasteiger partial charge in [-0.15, -0.1) is 11.3 Å². The number of amides is 1. The number of aryl methyl sites for hydroxylation is 1. The van der Waals surface area contributed by atoms with Crippen LogP contribution in [0.2, 0.25) is 0 Å². The lowest BCUT2D eigenvalue weighted by atomic mass is 10.2. The minimum atomic E-state index is -0.234. The number of aromatic nitrogens is 3. The van der Waals surface area contributed by atoms with Crippen molar-refractivity contribution in [2.75, 3.05) is 5.43 Å². The number of hydrogen-bond donors (Lipinski definition) is 1. The SMILES string of the molecule is Cc1nc(COc2ccc(/C=C/C(=O)Nn3cnc4ccccc43)cc2)cs1. The lowest BCUT2D eigenvalue weighted by Crippen LogP contribution is -2.19. The van der Waals surface area contributed by atoms with E-state index in [1.807, 2.05) is 60.8 Å². The number of hydrogen-bond acceptors (Lipinski definition) is 5. The summed E-state index contributed by atoms with van der Waals surface area (Å²) in [7, 11) is 0. The van der Waals surface area contributed by atoms with Crippen LogP contribution in [0, 0.1) is 6.92 Å². The Kier molecular flexibility index (Phi) is 5.16. The molecule has 0 atom stereocenters. The van der Waals surface area contributed by atoms with Crippen LogP contribution in [0.3, 0.4) is 0 Å². The van der Waals surface area contributed by atoms with Crippen molar-refractivity contribution in [2.45, 2.75) is 13.5 Å². The van der Waals surface area contributed by atoms with Crippen molar-refractivity contribution in [3.05, 3.63) is 82.6 Å². The number of thiazole rings is 1. The number of rotatable bonds is 6. The second kappa shape index (κ2) is 8.06. The maximum Gasteiger partial charge on any atom is 0.262 e. The average Bonchev–Trinajstić information content (AvgIpc) is 3.32. The summed E-state index contributed by atoms with van der Waals surface area (Å²) >= 11 is 1.61. The van der Waals surface area contributed by atoms with Crippen LogP contribution >= 0.6 is 11.3 Å². The molecule has 0 fully saturated rings. The van der Waals surface area contributed by atoms with Crippen molar-refractivity contribution in [1.82, 2.24) is 14.6 Å². The molecule has 0 aliphatic rings. The van der Waals surface area contributed by atoms with Crippen molar-refractivity contribution in [2.24, 2.45) is 0 Å². The Balaban J connectivity index is 1.34. The summed E-state index contributed by atoms with van der Waals surface area (Å²) in [6.07, 6.45) is 4.83. The van der Waals surface area contributed by atoms with Gasteiger partial charge in [-0.1, -0.05) is 24.3 Å². The van der Waals surface area contributed by atoms with Crippen molar-refractivity contribution < 1.29 is 9.53 Å². The fourth-order valence-electron chi connectivity index (χ4n) is 2.68. The fourth-order valence-corrected chi connectivity index (χ4v) is 3.28. The minimum absolute atomic E-state index is 0.234. The van der Waals surface area contributed by atoms with E-state index in [-0.39, 0.29) is 5.91 Å². The summed E-state index contributed by atoms with van der Waals surface area (Å²) in [4.78, 5) is 20.8. The Labute approximate surface area is 166 Å². The predicted octanol–water partition coefficient (Wildman–Crippen LogP) is 4.16. The summed E-state index contributed by atoms with van der Waals surface area (Å²) in [5, 5.41) is 3.02. The molecule has 0 saturated heterocycles. The van der Waals surface area contributed by atoms with E-state index < -0.39 is 0 Å². The molecule has 2 heterocycles. The normalized spacial score (nSPS) is 11.2. The zero-order valence-electron chi connectivity index (χ0n) is 15.2. The first-order chi connectivity index (χ1) is 13.7. The quantitative estimate of drug-likeness (QED) is 0.502. The summed E-state index contributed by atoms with van der Waals surface area (Å²) in [5.41, 5.74) is 6.29. The van der Waals surface area contributed by atoms with E-state index in [0.29, 0.717) is 6.61 Å². The van der Waals surface area contributed by atoms with Crippen LogP contribution in [-0.2, 0) is 11.4 Å². The van der Waals surface area contributed by atoms with Crippen LogP contribution in [0.4, 0.5) is 0 Å². The topological polar surface area (TPSA) is 69.0 Å². The fraction of sp³-hybridized carbons (Fsp3) is 0.0952. The average molecular weight is 390 g/mol. The van der Waals surface area contributed by atoms with E-state index in [2.05, 4.69) is 15.4 Å². The number of fused-ring (bicyclic) bond motifs is 1. The third-order valence-electron chi connectivity index (χ3n) is 4.04. The monoisotopic (exact) mass is 390 g/mol. The number of benzene rings is 2. The zero-order chi connectivity index (χ0) is 19.3. The number of carbonyl (C=O) groups excluding carboxylic acids is 1. The molecule has 6 nitrogen and oxygen atoms in total. The van der Waals surface area contributed by atoms with E-state index in [9.17, 15) is 4.79 Å². The molecule has 4 aromatic rings. The van der Waals surface area contributed by atoms with Gasteiger partial charge in [-0.3, -0.25) is 10.2 Å². The van der Waals surface area contributed by atoms with Crippen LogP contribution in [0.15, 0.2) is 66.3 Å². The summed E-state index contributed by atoms with van der Waals surface area (Å²) in [5.74, 6) is 0.527. The third kappa shape index (κ3) is 4.27. The lowest BCUT2D eigenvalue weighted by molar-refractivity contribution is -0.112. The Morgan fingerprint density at radius 1 is 1.21 bits per heavy atom. The van der Waals surface area contributed by atoms with E-state index in [1.54, 1.807) is 28.4 Å². The first-order valence-electron chi connectivity index (χ1n) is 8.72. The molecule has 0 aliphatic carbocycles. The van der Waals surface area contributed by atoms with Gasteiger partial charge in [0.15, 0.2) is 0 Å². The highest BCUT2D eigenvalue weighted by atomic mass is 32.1. The molecule has 0 aliphatic heterocycles. The maximum atomic E-state index is 12.2. The van der Waals surface area contributed by atoms with Gasteiger partial charge in [-0.2, -0.15) is 0 Å². The van der Waals surface area contributed by atoms with Gasteiger partial charge >= 0.3 is 0 Å². The third-order valence-corrected chi connectivity index (χ3v) is 4.87. The number of ether oxygens (including phenoxy) is 1. The molecule has 1 N–H and O–H groups in total. The number of nitrogens with zero attached hydrogens (tertiary/aromatic N) is 3. The molecule has 1 amide bonds. The largest absolute Gasteiger partial charge is 0.487 e. The van der Waals surface area contributed by atoms with Crippen molar-refractivity contribution in [3.63, 3.8) is 0 Å². The number of imidazole rings is 1. The van der Waals surface area contributed by atoms with Crippen LogP contribution in [0.5, 0.6) is 5.75 Å². The number of nitrogens with one attached hydrogen (secondary N) is 1. The summed E-state index contributed by atoms with van der Waals surface area (Å²) < 4.78 is 7.34. The number of carbonyl (C=O) groups is 1. The molecule has 140 valence electrons. The van der Waals surface area contributed by atoms with Crippen molar-refractivity contribution in [3.8, 4) is 5.75 Å². The van der Waals surface area contributed by atoms with Gasteiger partial charge < -0.3 is 4.74 Å². The van der Waals surface area contributed by atoms with Gasteiger partial charge in [0.25, 0.3) is 5.91 Å². The van der Waals surface area contributed by atoms with Gasteiger partial charge in [-0.05, 0) is 42.8 Å². The van der Waals surface area contributed by atoms with Gasteiger partial charge in [0, 0.05) is 11.5 Å². The van der Waals surface area contributed by atoms with Gasteiger partial charge in [0.1, 0.15) is 18.7 Å². The van der Waals surface area contributed by atoms with Crippen LogP contribution < -0.4 is 10.2 Å². The second-order valence-electron chi connectivity index (χ2n) is 6.13. The Hall–Kier alpha value is -3.45. The van der Waals surface area contributed by atoms with Gasteiger partial charge in [-0.25, -0.2) is 14.6 Å². The first-order valence-corrected chi connectivity index (χ1v) is 9.60. The molecule has 2 aromatic heterocycles. The zero-order valence-corrected chi connectivity index (χ0v) is 16.0. The number of para-hydroxylation sites is 2. The van der Waals surface area contributed by atoms with Crippen LogP contribution in [0.25, 0.3) is 17.1 Å². The summed E-state index contributed by atoms with van der Waals surface area (Å²) in [6, 6.07) is 15.2. The molecule has 0 unspecified atom stereocenters. The van der Waals surface area contributed by atoms with Crippen LogP contribution in [0.1, 0.15) is 16.3 Å². The molecule has 7 heteroatoms. The molecule has 0 saturated carbocycles. The van der Waals surface area contributed by atoms with E-state index in [1.165, 1.54) is 6.08 Å². The highest BCUT2D eigenvalue weighted by molar-refractivity contribution is 7.09. The van der Waals surface area contributed by atoms with E-state index in [0.717, 1.165) is 33.0 Å². The smallest absolute Gasteiger partial charge is 0.262 e. The predicted molar refractivity (Wildman–Crippen MR) is 111 cm³/mol. The van der Waals surface area contributed by atoms with Gasteiger partial charge in [0.2, 0.25) is 0 Å². The van der Waals surface area contributed by atoms with Crippen LogP contribution in [-0.4, -0.2) is 20.6 Å². The summed E-state index contributed by atoms with van der Waals surface area (Å²) in [6.45, 7) is 2.42. The first kappa shape index (κ1) is 17.9. The maximum absolute atomic E-state index is 12.2. The van der Waals surface area contributed by atoms with Crippen molar-refractivity contribution in [1.29, 1.82) is 0 Å². The molecular formula is C21H18N4O2S. The van der Waals surface area contributed by atoms with Crippen molar-refractivity contribution >= 4 is 34.4 Å².